The fourth-order valence-electron chi connectivity index (χ4n) is 2.83. The van der Waals surface area contributed by atoms with Crippen LogP contribution in [0.15, 0.2) is 40.1 Å². The van der Waals surface area contributed by atoms with E-state index in [2.05, 4.69) is 15.1 Å². The number of aliphatic hydroxyl groups excluding tert-OH is 1. The van der Waals surface area contributed by atoms with Crippen molar-refractivity contribution >= 4 is 51.4 Å². The fraction of sp³-hybridized carbons (Fsp3) is 0.348. The van der Waals surface area contributed by atoms with Crippen LogP contribution in [-0.2, 0) is 9.53 Å². The molecule has 1 aromatic carbocycles. The smallest absolute Gasteiger partial charge is 0.349 e. The summed E-state index contributed by atoms with van der Waals surface area (Å²) in [4.78, 5) is 14.5. The molecule has 33 heavy (non-hydrogen) atoms. The molecule has 1 aromatic heterocycles. The number of thiophene rings is 1. The molecule has 0 amide bonds. The minimum Gasteiger partial charge on any atom is -0.459 e. The molecule has 0 aliphatic heterocycles. The highest BCUT2D eigenvalue weighted by atomic mass is 35.5. The average molecular weight is 486 g/mol. The van der Waals surface area contributed by atoms with Gasteiger partial charge in [-0.1, -0.05) is 11.6 Å². The van der Waals surface area contributed by atoms with Gasteiger partial charge in [-0.15, -0.1) is 21.6 Å². The first-order valence-electron chi connectivity index (χ1n) is 10.2. The number of esters is 1. The van der Waals surface area contributed by atoms with E-state index in [1.165, 1.54) is 6.08 Å². The Bertz CT molecular complexity index is 1120. The molecule has 0 bridgehead atoms. The van der Waals surface area contributed by atoms with Crippen LogP contribution < -0.4 is 4.90 Å². The number of hydrogen-bond acceptors (Lipinski definition) is 9. The third kappa shape index (κ3) is 6.87. The Labute approximate surface area is 202 Å². The summed E-state index contributed by atoms with van der Waals surface area (Å²) in [5.41, 5.74) is 1.39. The molecule has 2 aromatic rings. The summed E-state index contributed by atoms with van der Waals surface area (Å²) in [6.45, 7) is 8.01. The van der Waals surface area contributed by atoms with Gasteiger partial charge in [-0.3, -0.25) is 0 Å². The monoisotopic (exact) mass is 485 g/mol. The highest BCUT2D eigenvalue weighted by molar-refractivity contribution is 7.17. The third-order valence-electron chi connectivity index (χ3n) is 4.33. The zero-order valence-corrected chi connectivity index (χ0v) is 20.3. The molecule has 0 unspecified atom stereocenters. The number of benzene rings is 1. The molecule has 2 rings (SSSR count). The lowest BCUT2D eigenvalue weighted by atomic mass is 10.2. The number of hydrogen-bond donors (Lipinski definition) is 1. The Balaban J connectivity index is 2.32. The molecule has 0 radical (unpaired) electrons. The van der Waals surface area contributed by atoms with Crippen molar-refractivity contribution < 1.29 is 14.6 Å². The number of anilines is 1. The van der Waals surface area contributed by atoms with Gasteiger partial charge < -0.3 is 14.7 Å². The lowest BCUT2D eigenvalue weighted by Gasteiger charge is -2.28. The largest absolute Gasteiger partial charge is 0.459 e. The number of nitrogens with zero attached hydrogens (tertiary/aromatic N) is 5. The van der Waals surface area contributed by atoms with Gasteiger partial charge in [0.25, 0.3) is 0 Å². The van der Waals surface area contributed by atoms with Gasteiger partial charge in [0.2, 0.25) is 0 Å². The van der Waals surface area contributed by atoms with Crippen LogP contribution in [0.4, 0.5) is 16.4 Å². The van der Waals surface area contributed by atoms with E-state index in [4.69, 9.17) is 16.3 Å². The van der Waals surface area contributed by atoms with Gasteiger partial charge in [0.1, 0.15) is 23.3 Å². The number of rotatable bonds is 9. The number of aliphatic hydroxyl groups is 1. The lowest BCUT2D eigenvalue weighted by Crippen LogP contribution is -2.33. The Morgan fingerprint density at radius 1 is 1.24 bits per heavy atom. The summed E-state index contributed by atoms with van der Waals surface area (Å²) >= 11 is 7.33. The predicted molar refractivity (Wildman–Crippen MR) is 129 cm³/mol. The second kappa shape index (κ2) is 12.1. The van der Waals surface area contributed by atoms with Crippen molar-refractivity contribution in [3.63, 3.8) is 0 Å². The second-order valence-electron chi connectivity index (χ2n) is 7.42. The maximum absolute atomic E-state index is 12.1. The van der Waals surface area contributed by atoms with Crippen molar-refractivity contribution in [3.8, 4) is 12.1 Å². The molecule has 0 spiro atoms. The predicted octanol–water partition coefficient (Wildman–Crippen LogP) is 5.75. The van der Waals surface area contributed by atoms with Gasteiger partial charge >= 0.3 is 5.97 Å². The molecule has 0 atom stereocenters. The Morgan fingerprint density at radius 3 is 2.42 bits per heavy atom. The maximum Gasteiger partial charge on any atom is 0.349 e. The number of azo groups is 1. The molecule has 0 saturated carbocycles. The van der Waals surface area contributed by atoms with E-state index in [0.29, 0.717) is 17.1 Å². The van der Waals surface area contributed by atoms with Crippen molar-refractivity contribution in [2.75, 3.05) is 18.1 Å². The number of ether oxygens (including phenoxy) is 1. The second-order valence-corrected chi connectivity index (χ2v) is 8.83. The lowest BCUT2D eigenvalue weighted by molar-refractivity contribution is -0.142. The van der Waals surface area contributed by atoms with E-state index in [-0.39, 0.29) is 39.9 Å². The van der Waals surface area contributed by atoms with Crippen molar-refractivity contribution in [1.82, 2.24) is 0 Å². The van der Waals surface area contributed by atoms with E-state index in [0.717, 1.165) is 17.0 Å². The van der Waals surface area contributed by atoms with Crippen molar-refractivity contribution in [2.45, 2.75) is 39.8 Å². The molecule has 8 nitrogen and oxygen atoms in total. The molecule has 0 aliphatic carbocycles. The van der Waals surface area contributed by atoms with Crippen LogP contribution in [0.1, 0.15) is 38.1 Å². The van der Waals surface area contributed by atoms with Gasteiger partial charge in [-0.2, -0.15) is 10.5 Å². The number of nitriles is 2. The van der Waals surface area contributed by atoms with Gasteiger partial charge in [0.15, 0.2) is 5.00 Å². The minimum absolute atomic E-state index is 0.0508. The maximum atomic E-state index is 12.1. The summed E-state index contributed by atoms with van der Waals surface area (Å²) in [5.74, 6) is -0.768. The van der Waals surface area contributed by atoms with Crippen LogP contribution >= 0.6 is 22.9 Å². The van der Waals surface area contributed by atoms with E-state index >= 15 is 0 Å². The minimum atomic E-state index is -0.768. The van der Waals surface area contributed by atoms with Crippen LogP contribution in [-0.4, -0.2) is 36.4 Å². The quantitative estimate of drug-likeness (QED) is 0.208. The van der Waals surface area contributed by atoms with E-state index in [9.17, 15) is 20.4 Å². The highest BCUT2D eigenvalue weighted by Crippen LogP contribution is 2.40. The molecule has 0 aliphatic rings. The van der Waals surface area contributed by atoms with Crippen LogP contribution in [0.3, 0.4) is 0 Å². The van der Waals surface area contributed by atoms with Crippen LogP contribution in [0, 0.1) is 22.7 Å². The Hall–Kier alpha value is -3.24. The first-order valence-corrected chi connectivity index (χ1v) is 11.4. The molecule has 0 fully saturated rings. The van der Waals surface area contributed by atoms with Gasteiger partial charge in [0.05, 0.1) is 28.3 Å². The average Bonchev–Trinajstić information content (AvgIpc) is 3.08. The van der Waals surface area contributed by atoms with Crippen molar-refractivity contribution in [1.29, 1.82) is 10.5 Å². The first-order chi connectivity index (χ1) is 15.7. The van der Waals surface area contributed by atoms with Crippen molar-refractivity contribution in [3.05, 3.63) is 45.3 Å². The van der Waals surface area contributed by atoms with Gasteiger partial charge in [-0.05, 0) is 58.0 Å². The standard InChI is InChI=1S/C23H24ClN5O3S/c1-14(2)29(9-10-30)18-7-5-17(6-8-18)27-28-22-19(13-26)21(24)20(33-22)11-16(12-25)23(31)32-15(3)4/h5-8,11,14-15,30H,9-10H2,1-4H3/b16-11+,28-27?. The number of halogens is 1. The summed E-state index contributed by atoms with van der Waals surface area (Å²) in [7, 11) is 0. The SMILES string of the molecule is CC(C)OC(=O)/C(C#N)=C/c1sc(N=Nc2ccc(N(CCO)C(C)C)cc2)c(C#N)c1Cl. The molecular formula is C23H24ClN5O3S. The van der Waals surface area contributed by atoms with E-state index in [1.54, 1.807) is 32.0 Å². The zero-order chi connectivity index (χ0) is 24.5. The molecule has 0 saturated heterocycles. The first kappa shape index (κ1) is 26.0. The van der Waals surface area contributed by atoms with Crippen LogP contribution in [0.5, 0.6) is 0 Å². The van der Waals surface area contributed by atoms with Gasteiger partial charge in [0, 0.05) is 18.3 Å². The van der Waals surface area contributed by atoms with E-state index in [1.807, 2.05) is 32.0 Å². The molecule has 1 N–H and O–H groups in total. The summed E-state index contributed by atoms with van der Waals surface area (Å²) in [5, 5.41) is 36.7. The number of carbonyl (C=O) groups is 1. The zero-order valence-electron chi connectivity index (χ0n) is 18.7. The van der Waals surface area contributed by atoms with Gasteiger partial charge in [-0.25, -0.2) is 4.79 Å². The normalized spacial score (nSPS) is 11.6. The van der Waals surface area contributed by atoms with Crippen molar-refractivity contribution in [2.24, 2.45) is 10.2 Å². The fourth-order valence-corrected chi connectivity index (χ4v) is 4.10. The van der Waals surface area contributed by atoms with Crippen LogP contribution in [0.25, 0.3) is 6.08 Å². The highest BCUT2D eigenvalue weighted by Gasteiger charge is 2.19. The number of carbonyl (C=O) groups excluding carboxylic acids is 1. The molecule has 172 valence electrons. The summed E-state index contributed by atoms with van der Waals surface area (Å²) in [6, 6.07) is 11.3. The Morgan fingerprint density at radius 2 is 1.91 bits per heavy atom. The summed E-state index contributed by atoms with van der Waals surface area (Å²) < 4.78 is 5.05. The molecule has 10 heteroatoms. The molecule has 1 heterocycles. The Kier molecular flexibility index (Phi) is 9.56. The van der Waals surface area contributed by atoms with E-state index < -0.39 is 5.97 Å². The summed E-state index contributed by atoms with van der Waals surface area (Å²) in [6.07, 6.45) is 0.906. The van der Waals surface area contributed by atoms with Crippen LogP contribution in [0.2, 0.25) is 5.02 Å². The third-order valence-corrected chi connectivity index (χ3v) is 5.85. The topological polar surface area (TPSA) is 122 Å². The molecular weight excluding hydrogens is 462 g/mol.